The van der Waals surface area contributed by atoms with Gasteiger partial charge in [-0.1, -0.05) is 24.3 Å². The van der Waals surface area contributed by atoms with Crippen LogP contribution in [-0.2, 0) is 20.4 Å². The zero-order valence-electron chi connectivity index (χ0n) is 18.2. The lowest BCUT2D eigenvalue weighted by Gasteiger charge is -2.31. The SMILES string of the molecule is Cc1cccc(NC(=O)C2CCCN(C(=O)c3occc3CS(=O)(=O)c3ccccc3)C2)n1. The molecular formula is C24H25N3O5S. The highest BCUT2D eigenvalue weighted by molar-refractivity contribution is 7.90. The Morgan fingerprint density at radius 3 is 2.67 bits per heavy atom. The maximum atomic E-state index is 13.2. The summed E-state index contributed by atoms with van der Waals surface area (Å²) in [4.78, 5) is 31.9. The monoisotopic (exact) mass is 467 g/mol. The van der Waals surface area contributed by atoms with E-state index < -0.39 is 21.7 Å². The maximum Gasteiger partial charge on any atom is 0.289 e. The second-order valence-corrected chi connectivity index (χ2v) is 10.1. The third-order valence-electron chi connectivity index (χ3n) is 5.61. The van der Waals surface area contributed by atoms with Gasteiger partial charge in [-0.05, 0) is 50.1 Å². The minimum Gasteiger partial charge on any atom is -0.459 e. The van der Waals surface area contributed by atoms with Crippen molar-refractivity contribution in [3.63, 3.8) is 0 Å². The van der Waals surface area contributed by atoms with E-state index in [9.17, 15) is 18.0 Å². The van der Waals surface area contributed by atoms with Crippen LogP contribution < -0.4 is 5.32 Å². The summed E-state index contributed by atoms with van der Waals surface area (Å²) in [6, 6.07) is 15.0. The van der Waals surface area contributed by atoms with Gasteiger partial charge in [0.05, 0.1) is 22.8 Å². The second kappa shape index (κ2) is 9.58. The Balaban J connectivity index is 1.45. The number of piperidine rings is 1. The molecule has 3 aromatic rings. The van der Waals surface area contributed by atoms with Crippen molar-refractivity contribution in [2.75, 3.05) is 18.4 Å². The summed E-state index contributed by atoms with van der Waals surface area (Å²) >= 11 is 0. The predicted octanol–water partition coefficient (Wildman–Crippen LogP) is 3.45. The van der Waals surface area contributed by atoms with Crippen molar-refractivity contribution in [1.29, 1.82) is 0 Å². The molecule has 2 amide bonds. The van der Waals surface area contributed by atoms with Gasteiger partial charge in [-0.3, -0.25) is 9.59 Å². The average Bonchev–Trinajstić information content (AvgIpc) is 3.26. The molecule has 1 N–H and O–H groups in total. The average molecular weight is 468 g/mol. The van der Waals surface area contributed by atoms with E-state index in [2.05, 4.69) is 10.3 Å². The summed E-state index contributed by atoms with van der Waals surface area (Å²) in [7, 11) is -3.63. The molecule has 0 aliphatic carbocycles. The van der Waals surface area contributed by atoms with Gasteiger partial charge in [-0.2, -0.15) is 0 Å². The van der Waals surface area contributed by atoms with Crippen molar-refractivity contribution in [3.05, 3.63) is 77.9 Å². The van der Waals surface area contributed by atoms with Crippen LogP contribution in [0.1, 0.15) is 34.7 Å². The van der Waals surface area contributed by atoms with Gasteiger partial charge in [0.15, 0.2) is 15.6 Å². The van der Waals surface area contributed by atoms with Crippen LogP contribution in [0, 0.1) is 12.8 Å². The number of furan rings is 1. The number of anilines is 1. The molecule has 2 aromatic heterocycles. The smallest absolute Gasteiger partial charge is 0.289 e. The fourth-order valence-electron chi connectivity index (χ4n) is 3.91. The van der Waals surface area contributed by atoms with Crippen LogP contribution in [0.2, 0.25) is 0 Å². The number of rotatable bonds is 6. The first kappa shape index (κ1) is 22.7. The van der Waals surface area contributed by atoms with Crippen molar-refractivity contribution in [2.24, 2.45) is 5.92 Å². The highest BCUT2D eigenvalue weighted by Crippen LogP contribution is 2.24. The van der Waals surface area contributed by atoms with Crippen molar-refractivity contribution in [1.82, 2.24) is 9.88 Å². The molecule has 0 saturated carbocycles. The largest absolute Gasteiger partial charge is 0.459 e. The normalized spacial score (nSPS) is 16.4. The molecule has 3 heterocycles. The Hall–Kier alpha value is -3.46. The molecule has 1 saturated heterocycles. The molecule has 8 nitrogen and oxygen atoms in total. The molecule has 9 heteroatoms. The molecule has 1 aliphatic rings. The fourth-order valence-corrected chi connectivity index (χ4v) is 5.29. The Morgan fingerprint density at radius 2 is 1.91 bits per heavy atom. The molecule has 172 valence electrons. The maximum absolute atomic E-state index is 13.2. The van der Waals surface area contributed by atoms with Crippen LogP contribution in [0.15, 0.2) is 70.2 Å². The molecule has 1 fully saturated rings. The summed E-state index contributed by atoms with van der Waals surface area (Å²) in [6.07, 6.45) is 2.62. The highest BCUT2D eigenvalue weighted by atomic mass is 32.2. The summed E-state index contributed by atoms with van der Waals surface area (Å²) in [5.74, 6) is -0.873. The number of carbonyl (C=O) groups is 2. The van der Waals surface area contributed by atoms with E-state index in [0.29, 0.717) is 30.8 Å². The van der Waals surface area contributed by atoms with Crippen LogP contribution in [0.4, 0.5) is 5.82 Å². The molecule has 1 aliphatic heterocycles. The van der Waals surface area contributed by atoms with Crippen molar-refractivity contribution < 1.29 is 22.4 Å². The first-order valence-corrected chi connectivity index (χ1v) is 12.4. The molecule has 0 bridgehead atoms. The van der Waals surface area contributed by atoms with E-state index in [1.54, 1.807) is 29.2 Å². The van der Waals surface area contributed by atoms with Gasteiger partial charge in [-0.25, -0.2) is 13.4 Å². The number of benzene rings is 1. The molecule has 1 aromatic carbocycles. The molecular weight excluding hydrogens is 442 g/mol. The number of sulfone groups is 1. The van der Waals surface area contributed by atoms with Crippen LogP contribution >= 0.6 is 0 Å². The first-order chi connectivity index (χ1) is 15.8. The van der Waals surface area contributed by atoms with E-state index in [1.165, 1.54) is 24.5 Å². The number of hydrogen-bond acceptors (Lipinski definition) is 6. The molecule has 1 unspecified atom stereocenters. The topological polar surface area (TPSA) is 110 Å². The van der Waals surface area contributed by atoms with Crippen molar-refractivity contribution in [2.45, 2.75) is 30.4 Å². The highest BCUT2D eigenvalue weighted by Gasteiger charge is 2.32. The summed E-state index contributed by atoms with van der Waals surface area (Å²) < 4.78 is 30.9. The second-order valence-electron chi connectivity index (χ2n) is 8.09. The number of pyridine rings is 1. The van der Waals surface area contributed by atoms with Crippen LogP contribution in [0.25, 0.3) is 0 Å². The third-order valence-corrected chi connectivity index (χ3v) is 7.29. The van der Waals surface area contributed by atoms with Crippen molar-refractivity contribution >= 4 is 27.5 Å². The lowest BCUT2D eigenvalue weighted by atomic mass is 9.96. The van der Waals surface area contributed by atoms with E-state index in [0.717, 1.165) is 5.69 Å². The predicted molar refractivity (Wildman–Crippen MR) is 122 cm³/mol. The molecule has 0 spiro atoms. The van der Waals surface area contributed by atoms with E-state index in [-0.39, 0.29) is 28.9 Å². The van der Waals surface area contributed by atoms with E-state index in [1.807, 2.05) is 19.1 Å². The number of likely N-dealkylation sites (tertiary alicyclic amines) is 1. The van der Waals surface area contributed by atoms with Gasteiger partial charge in [0.1, 0.15) is 5.82 Å². The lowest BCUT2D eigenvalue weighted by molar-refractivity contribution is -0.121. The summed E-state index contributed by atoms with van der Waals surface area (Å²) in [6.45, 7) is 2.54. The number of amides is 2. The minimum absolute atomic E-state index is 0.00378. The number of nitrogens with one attached hydrogen (secondary N) is 1. The number of carbonyl (C=O) groups excluding carboxylic acids is 2. The van der Waals surface area contributed by atoms with E-state index in [4.69, 9.17) is 4.42 Å². The van der Waals surface area contributed by atoms with Gasteiger partial charge in [0.25, 0.3) is 5.91 Å². The van der Waals surface area contributed by atoms with Crippen molar-refractivity contribution in [3.8, 4) is 0 Å². The third kappa shape index (κ3) is 5.31. The van der Waals surface area contributed by atoms with Gasteiger partial charge >= 0.3 is 0 Å². The van der Waals surface area contributed by atoms with E-state index >= 15 is 0 Å². The fraction of sp³-hybridized carbons (Fsp3) is 0.292. The number of hydrogen-bond donors (Lipinski definition) is 1. The number of nitrogens with zero attached hydrogens (tertiary/aromatic N) is 2. The summed E-state index contributed by atoms with van der Waals surface area (Å²) in [5.41, 5.74) is 1.10. The van der Waals surface area contributed by atoms with Gasteiger partial charge in [0.2, 0.25) is 5.91 Å². The Kier molecular flexibility index (Phi) is 6.60. The molecule has 1 atom stereocenters. The minimum atomic E-state index is -3.63. The quantitative estimate of drug-likeness (QED) is 0.595. The van der Waals surface area contributed by atoms with Crippen LogP contribution in [0.5, 0.6) is 0 Å². The zero-order valence-corrected chi connectivity index (χ0v) is 19.0. The lowest BCUT2D eigenvalue weighted by Crippen LogP contribution is -2.44. The Bertz CT molecular complexity index is 1250. The van der Waals surface area contributed by atoms with Gasteiger partial charge in [0, 0.05) is 24.3 Å². The molecule has 33 heavy (non-hydrogen) atoms. The summed E-state index contributed by atoms with van der Waals surface area (Å²) in [5, 5.41) is 2.82. The van der Waals surface area contributed by atoms with Crippen LogP contribution in [0.3, 0.4) is 0 Å². The zero-order chi connectivity index (χ0) is 23.4. The Morgan fingerprint density at radius 1 is 1.12 bits per heavy atom. The Labute approximate surface area is 192 Å². The standard InChI is InChI=1S/C24H25N3O5S/c1-17-7-5-11-21(25-17)26-23(28)18-8-6-13-27(15-18)24(29)22-19(12-14-32-22)16-33(30,31)20-9-3-2-4-10-20/h2-5,7,9-12,14,18H,6,8,13,15-16H2,1H3,(H,25,26,28). The molecule has 4 rings (SSSR count). The number of aromatic nitrogens is 1. The van der Waals surface area contributed by atoms with Gasteiger partial charge in [-0.15, -0.1) is 0 Å². The van der Waals surface area contributed by atoms with Crippen LogP contribution in [-0.4, -0.2) is 43.2 Å². The molecule has 0 radical (unpaired) electrons. The van der Waals surface area contributed by atoms with Gasteiger partial charge < -0.3 is 14.6 Å². The first-order valence-electron chi connectivity index (χ1n) is 10.7. The number of aryl methyl sites for hydroxylation is 1.